The Labute approximate surface area is 237 Å². The van der Waals surface area contributed by atoms with Crippen molar-refractivity contribution >= 4 is 32.8 Å². The zero-order chi connectivity index (χ0) is 27.3. The molecule has 0 bridgehead atoms. The molecule has 0 fully saturated rings. The maximum absolute atomic E-state index is 5.06. The van der Waals surface area contributed by atoms with Crippen LogP contribution in [0.1, 0.15) is 0 Å². The van der Waals surface area contributed by atoms with E-state index in [1.54, 1.807) is 0 Å². The third-order valence-corrected chi connectivity index (χ3v) is 7.86. The Hall–Kier alpha value is -5.55. The van der Waals surface area contributed by atoms with Gasteiger partial charge in [0.1, 0.15) is 5.82 Å². The van der Waals surface area contributed by atoms with Crippen molar-refractivity contribution in [1.82, 2.24) is 24.1 Å². The lowest BCUT2D eigenvalue weighted by atomic mass is 9.97. The first-order chi connectivity index (χ1) is 20.3. The average Bonchev–Trinajstić information content (AvgIpc) is 3.56. The highest BCUT2D eigenvalue weighted by atomic mass is 15.1. The highest BCUT2D eigenvalue weighted by Crippen LogP contribution is 2.41. The van der Waals surface area contributed by atoms with Crippen LogP contribution in [0.25, 0.3) is 72.3 Å². The second kappa shape index (κ2) is 9.28. The van der Waals surface area contributed by atoms with E-state index in [2.05, 4.69) is 117 Å². The van der Waals surface area contributed by atoms with Crippen LogP contribution >= 0.6 is 0 Å². The summed E-state index contributed by atoms with van der Waals surface area (Å²) in [4.78, 5) is 14.1. The topological polar surface area (TPSA) is 48.5 Å². The first kappa shape index (κ1) is 23.3. The molecule has 41 heavy (non-hydrogen) atoms. The number of para-hydroxylation sites is 3. The second-order valence-electron chi connectivity index (χ2n) is 10.3. The first-order valence-corrected chi connectivity index (χ1v) is 13.7. The molecule has 0 aliphatic rings. The van der Waals surface area contributed by atoms with Gasteiger partial charge in [-0.3, -0.25) is 9.97 Å². The summed E-state index contributed by atoms with van der Waals surface area (Å²) in [5.74, 6) is 0.928. The fourth-order valence-corrected chi connectivity index (χ4v) is 5.99. The molecular weight excluding hydrogens is 502 g/mol. The van der Waals surface area contributed by atoms with Gasteiger partial charge in [0, 0.05) is 58.8 Å². The fourth-order valence-electron chi connectivity index (χ4n) is 5.99. The molecule has 194 valence electrons. The molecule has 8 aromatic rings. The van der Waals surface area contributed by atoms with Gasteiger partial charge < -0.3 is 9.13 Å². The summed E-state index contributed by atoms with van der Waals surface area (Å²) < 4.78 is 4.54. The van der Waals surface area contributed by atoms with Crippen LogP contribution in [0.3, 0.4) is 0 Å². The minimum Gasteiger partial charge on any atom is -0.327 e. The van der Waals surface area contributed by atoms with Gasteiger partial charge in [-0.1, -0.05) is 54.6 Å². The number of aromatic nitrogens is 5. The van der Waals surface area contributed by atoms with Crippen molar-refractivity contribution in [2.45, 2.75) is 0 Å². The van der Waals surface area contributed by atoms with Crippen molar-refractivity contribution in [1.29, 1.82) is 0 Å². The van der Waals surface area contributed by atoms with E-state index in [9.17, 15) is 0 Å². The van der Waals surface area contributed by atoms with Crippen molar-refractivity contribution in [2.75, 3.05) is 0 Å². The highest BCUT2D eigenvalue weighted by Gasteiger charge is 2.20. The van der Waals surface area contributed by atoms with E-state index in [0.29, 0.717) is 0 Å². The largest absolute Gasteiger partial charge is 0.327 e. The molecule has 0 unspecified atom stereocenters. The van der Waals surface area contributed by atoms with Crippen molar-refractivity contribution in [3.63, 3.8) is 0 Å². The number of hydrogen-bond donors (Lipinski definition) is 0. The molecule has 0 aliphatic heterocycles. The van der Waals surface area contributed by atoms with Gasteiger partial charge in [-0.05, 0) is 66.2 Å². The second-order valence-corrected chi connectivity index (χ2v) is 10.3. The fraction of sp³-hybridized carbons (Fsp3) is 0.0278. The molecule has 5 nitrogen and oxygen atoms in total. The molecule has 4 aromatic heterocycles. The lowest BCUT2D eigenvalue weighted by Gasteiger charge is -2.13. The van der Waals surface area contributed by atoms with E-state index in [0.717, 1.165) is 61.5 Å². The van der Waals surface area contributed by atoms with Crippen molar-refractivity contribution in [3.05, 3.63) is 134 Å². The number of pyridine rings is 2. The number of fused-ring (bicyclic) bond motifs is 4. The zero-order valence-corrected chi connectivity index (χ0v) is 22.4. The lowest BCUT2D eigenvalue weighted by Crippen LogP contribution is -1.97. The number of benzene rings is 4. The molecule has 0 radical (unpaired) electrons. The van der Waals surface area contributed by atoms with Crippen molar-refractivity contribution < 1.29 is 0 Å². The predicted molar refractivity (Wildman–Crippen MR) is 167 cm³/mol. The summed E-state index contributed by atoms with van der Waals surface area (Å²) in [6.07, 6.45) is 5.61. The number of aryl methyl sites for hydroxylation is 1. The van der Waals surface area contributed by atoms with Crippen LogP contribution in [-0.4, -0.2) is 24.1 Å². The Morgan fingerprint density at radius 1 is 0.610 bits per heavy atom. The van der Waals surface area contributed by atoms with Crippen LogP contribution in [0.4, 0.5) is 0 Å². The molecule has 0 aliphatic carbocycles. The summed E-state index contributed by atoms with van der Waals surface area (Å²) in [7, 11) is 2.09. The van der Waals surface area contributed by atoms with E-state index in [-0.39, 0.29) is 0 Å². The Kier molecular flexibility index (Phi) is 5.28. The van der Waals surface area contributed by atoms with Crippen LogP contribution in [-0.2, 0) is 7.05 Å². The van der Waals surface area contributed by atoms with E-state index < -0.39 is 0 Å². The van der Waals surface area contributed by atoms with Crippen LogP contribution in [0, 0.1) is 0 Å². The quantitative estimate of drug-likeness (QED) is 0.231. The molecule has 4 aromatic carbocycles. The first-order valence-electron chi connectivity index (χ1n) is 13.7. The van der Waals surface area contributed by atoms with Gasteiger partial charge in [-0.2, -0.15) is 0 Å². The summed E-state index contributed by atoms with van der Waals surface area (Å²) in [6, 6.07) is 40.2. The van der Waals surface area contributed by atoms with Crippen LogP contribution in [0.5, 0.6) is 0 Å². The molecule has 4 heterocycles. The van der Waals surface area contributed by atoms with E-state index >= 15 is 0 Å². The Bertz CT molecular complexity index is 2210. The SMILES string of the molecule is Cn1c(-c2cc(-c3cccnc3)c3c4ccccc4n(-c4cccc(-c5ccccn5)c4)c3c2)nc2ccccc21. The van der Waals surface area contributed by atoms with Crippen LogP contribution in [0.2, 0.25) is 0 Å². The van der Waals surface area contributed by atoms with Gasteiger partial charge in [0.2, 0.25) is 0 Å². The summed E-state index contributed by atoms with van der Waals surface area (Å²) in [6.45, 7) is 0. The molecule has 0 amide bonds. The molecule has 5 heteroatoms. The molecule has 0 atom stereocenters. The third-order valence-electron chi connectivity index (χ3n) is 7.86. The Morgan fingerprint density at radius 2 is 1.44 bits per heavy atom. The van der Waals surface area contributed by atoms with Crippen LogP contribution < -0.4 is 0 Å². The van der Waals surface area contributed by atoms with Crippen molar-refractivity contribution in [2.24, 2.45) is 7.05 Å². The van der Waals surface area contributed by atoms with Gasteiger partial charge in [0.15, 0.2) is 0 Å². The number of rotatable bonds is 4. The van der Waals surface area contributed by atoms with Gasteiger partial charge in [0.05, 0.1) is 27.8 Å². The molecule has 0 N–H and O–H groups in total. The molecule has 8 rings (SSSR count). The van der Waals surface area contributed by atoms with E-state index in [1.807, 2.05) is 42.9 Å². The summed E-state index contributed by atoms with van der Waals surface area (Å²) in [5, 5.41) is 2.39. The Morgan fingerprint density at radius 3 is 2.27 bits per heavy atom. The monoisotopic (exact) mass is 527 g/mol. The summed E-state index contributed by atoms with van der Waals surface area (Å²) >= 11 is 0. The van der Waals surface area contributed by atoms with Gasteiger partial charge >= 0.3 is 0 Å². The molecule has 0 spiro atoms. The zero-order valence-electron chi connectivity index (χ0n) is 22.4. The molecular formula is C36H25N5. The van der Waals surface area contributed by atoms with Crippen molar-refractivity contribution in [3.8, 4) is 39.5 Å². The number of nitrogens with zero attached hydrogens (tertiary/aromatic N) is 5. The maximum atomic E-state index is 5.06. The molecule has 0 saturated heterocycles. The van der Waals surface area contributed by atoms with E-state index in [4.69, 9.17) is 4.98 Å². The minimum absolute atomic E-state index is 0.928. The van der Waals surface area contributed by atoms with Gasteiger partial charge in [-0.25, -0.2) is 4.98 Å². The normalized spacial score (nSPS) is 11.5. The Balaban J connectivity index is 1.48. The van der Waals surface area contributed by atoms with Gasteiger partial charge in [-0.15, -0.1) is 0 Å². The average molecular weight is 528 g/mol. The number of imidazole rings is 1. The summed E-state index contributed by atoms with van der Waals surface area (Å²) in [5.41, 5.74) is 10.7. The smallest absolute Gasteiger partial charge is 0.140 e. The minimum atomic E-state index is 0.928. The molecule has 0 saturated carbocycles. The maximum Gasteiger partial charge on any atom is 0.140 e. The van der Waals surface area contributed by atoms with Crippen LogP contribution in [0.15, 0.2) is 134 Å². The predicted octanol–water partition coefficient (Wildman–Crippen LogP) is 8.46. The standard InChI is InChI=1S/C36H25N5/c1-40-33-17-5-3-15-31(33)39-36(40)26-21-29(25-11-9-18-37-23-25)35-28-13-2-4-16-32(28)41(34(35)22-26)27-12-8-10-24(20-27)30-14-6-7-19-38-30/h2-23H,1H3. The highest BCUT2D eigenvalue weighted by molar-refractivity contribution is 6.17. The van der Waals surface area contributed by atoms with Gasteiger partial charge in [0.25, 0.3) is 0 Å². The third kappa shape index (κ3) is 3.74. The van der Waals surface area contributed by atoms with E-state index in [1.165, 1.54) is 10.8 Å². The lowest BCUT2D eigenvalue weighted by molar-refractivity contribution is 0.959. The number of hydrogen-bond acceptors (Lipinski definition) is 3.